The molecule has 0 aliphatic carbocycles. The van der Waals surface area contributed by atoms with Crippen molar-refractivity contribution in [2.75, 3.05) is 26.2 Å². The summed E-state index contributed by atoms with van der Waals surface area (Å²) in [5.74, 6) is 1.14. The highest BCUT2D eigenvalue weighted by atomic mass is 16.5. The summed E-state index contributed by atoms with van der Waals surface area (Å²) in [6.07, 6.45) is 2.67. The van der Waals surface area contributed by atoms with Gasteiger partial charge in [0, 0.05) is 32.5 Å². The summed E-state index contributed by atoms with van der Waals surface area (Å²) in [4.78, 5) is 43.3. The van der Waals surface area contributed by atoms with Crippen molar-refractivity contribution in [3.8, 4) is 0 Å². The zero-order valence-corrected chi connectivity index (χ0v) is 15.2. The maximum atomic E-state index is 12.6. The van der Waals surface area contributed by atoms with Crippen molar-refractivity contribution in [2.45, 2.75) is 45.4 Å². The molecule has 2 saturated heterocycles. The normalized spacial score (nSPS) is 21.3. The molecule has 2 aliphatic heterocycles. The van der Waals surface area contributed by atoms with E-state index in [4.69, 9.17) is 4.52 Å². The van der Waals surface area contributed by atoms with Gasteiger partial charge in [-0.1, -0.05) is 19.0 Å². The van der Waals surface area contributed by atoms with Crippen LogP contribution in [0, 0.1) is 5.92 Å². The van der Waals surface area contributed by atoms with Crippen molar-refractivity contribution in [3.63, 3.8) is 0 Å². The van der Waals surface area contributed by atoms with Crippen LogP contribution >= 0.6 is 0 Å². The molecule has 9 nitrogen and oxygen atoms in total. The van der Waals surface area contributed by atoms with E-state index < -0.39 is 6.03 Å². The van der Waals surface area contributed by atoms with Gasteiger partial charge in [-0.15, -0.1) is 0 Å². The molecule has 3 heterocycles. The smallest absolute Gasteiger partial charge is 0.324 e. The lowest BCUT2D eigenvalue weighted by Gasteiger charge is -2.33. The van der Waals surface area contributed by atoms with Crippen LogP contribution in [0.15, 0.2) is 4.52 Å². The van der Waals surface area contributed by atoms with Crippen LogP contribution in [0.4, 0.5) is 4.79 Å². The van der Waals surface area contributed by atoms with E-state index in [1.165, 1.54) is 0 Å². The molecule has 2 fully saturated rings. The lowest BCUT2D eigenvalue weighted by Crippen LogP contribution is -2.54. The van der Waals surface area contributed by atoms with Gasteiger partial charge in [0.25, 0.3) is 0 Å². The summed E-state index contributed by atoms with van der Waals surface area (Å²) < 4.78 is 5.39. The van der Waals surface area contributed by atoms with Crippen molar-refractivity contribution in [1.82, 2.24) is 25.3 Å². The minimum Gasteiger partial charge on any atom is -0.340 e. The third-order valence-corrected chi connectivity index (χ3v) is 4.65. The Labute approximate surface area is 152 Å². The van der Waals surface area contributed by atoms with Crippen molar-refractivity contribution in [3.05, 3.63) is 11.7 Å². The molecule has 0 unspecified atom stereocenters. The Morgan fingerprint density at radius 2 is 2.19 bits per heavy atom. The summed E-state index contributed by atoms with van der Waals surface area (Å²) >= 11 is 0. The summed E-state index contributed by atoms with van der Waals surface area (Å²) in [5.41, 5.74) is 0. The van der Waals surface area contributed by atoms with Gasteiger partial charge in [0.15, 0.2) is 5.82 Å². The molecule has 26 heavy (non-hydrogen) atoms. The first-order valence-corrected chi connectivity index (χ1v) is 9.12. The van der Waals surface area contributed by atoms with Gasteiger partial charge < -0.3 is 14.7 Å². The number of nitrogens with zero attached hydrogens (tertiary/aromatic N) is 4. The minimum absolute atomic E-state index is 0.00741. The quantitative estimate of drug-likeness (QED) is 0.833. The number of nitrogens with one attached hydrogen (secondary N) is 1. The van der Waals surface area contributed by atoms with E-state index in [2.05, 4.69) is 29.3 Å². The maximum absolute atomic E-state index is 12.6. The first-order valence-electron chi connectivity index (χ1n) is 9.12. The molecular weight excluding hydrogens is 338 g/mol. The molecule has 2 aliphatic rings. The van der Waals surface area contributed by atoms with Crippen LogP contribution in [0.2, 0.25) is 0 Å². The fourth-order valence-corrected chi connectivity index (χ4v) is 3.30. The van der Waals surface area contributed by atoms with E-state index in [1.54, 1.807) is 4.90 Å². The second-order valence-electron chi connectivity index (χ2n) is 7.29. The Bertz CT molecular complexity index is 670. The highest BCUT2D eigenvalue weighted by molar-refractivity contribution is 6.00. The van der Waals surface area contributed by atoms with Crippen LogP contribution in [-0.2, 0) is 16.0 Å². The SMILES string of the molecule is CC(C)Cc1noc([C@@H]2CCCN(C(=O)CN3C(=O)CCNC3=O)C2)n1. The molecule has 0 spiro atoms. The molecule has 3 rings (SSSR count). The van der Waals surface area contributed by atoms with Gasteiger partial charge in [-0.2, -0.15) is 4.98 Å². The third kappa shape index (κ3) is 4.20. The van der Waals surface area contributed by atoms with Crippen molar-refractivity contribution >= 4 is 17.8 Å². The molecule has 0 radical (unpaired) electrons. The summed E-state index contributed by atoms with van der Waals surface area (Å²) in [5, 5.41) is 6.61. The highest BCUT2D eigenvalue weighted by Gasteiger charge is 2.32. The van der Waals surface area contributed by atoms with Crippen LogP contribution in [0.3, 0.4) is 0 Å². The molecule has 0 bridgehead atoms. The summed E-state index contributed by atoms with van der Waals surface area (Å²) in [7, 11) is 0. The molecule has 1 aromatic heterocycles. The molecule has 142 valence electrons. The molecule has 1 N–H and O–H groups in total. The average molecular weight is 363 g/mol. The summed E-state index contributed by atoms with van der Waals surface area (Å²) in [6, 6.07) is -0.501. The Morgan fingerprint density at radius 3 is 2.92 bits per heavy atom. The monoisotopic (exact) mass is 363 g/mol. The second kappa shape index (κ2) is 7.84. The number of hydrogen-bond acceptors (Lipinski definition) is 6. The largest absolute Gasteiger partial charge is 0.340 e. The molecule has 9 heteroatoms. The van der Waals surface area contributed by atoms with Crippen molar-refractivity contribution < 1.29 is 18.9 Å². The topological polar surface area (TPSA) is 109 Å². The van der Waals surface area contributed by atoms with Crippen LogP contribution in [0.5, 0.6) is 0 Å². The first-order chi connectivity index (χ1) is 12.4. The highest BCUT2D eigenvalue weighted by Crippen LogP contribution is 2.26. The molecule has 1 aromatic rings. The standard InChI is InChI=1S/C17H25N5O4/c1-11(2)8-13-19-16(26-20-13)12-4-3-7-21(9-12)15(24)10-22-14(23)5-6-18-17(22)25/h11-12H,3-10H2,1-2H3,(H,18,25)/t12-/m1/s1. The van der Waals surface area contributed by atoms with Crippen LogP contribution in [0.1, 0.15) is 50.7 Å². The molecule has 1 atom stereocenters. The second-order valence-corrected chi connectivity index (χ2v) is 7.29. The fraction of sp³-hybridized carbons (Fsp3) is 0.706. The zero-order chi connectivity index (χ0) is 18.7. The number of carbonyl (C=O) groups excluding carboxylic acids is 3. The zero-order valence-electron chi connectivity index (χ0n) is 15.2. The van der Waals surface area contributed by atoms with Gasteiger partial charge >= 0.3 is 6.03 Å². The number of piperidine rings is 1. The number of aromatic nitrogens is 2. The van der Waals surface area contributed by atoms with Gasteiger partial charge in [-0.25, -0.2) is 4.79 Å². The third-order valence-electron chi connectivity index (χ3n) is 4.65. The average Bonchev–Trinajstić information content (AvgIpc) is 3.06. The maximum Gasteiger partial charge on any atom is 0.324 e. The predicted molar refractivity (Wildman–Crippen MR) is 91.1 cm³/mol. The Kier molecular flexibility index (Phi) is 5.53. The lowest BCUT2D eigenvalue weighted by atomic mass is 9.98. The summed E-state index contributed by atoms with van der Waals surface area (Å²) in [6.45, 7) is 5.35. The molecular formula is C17H25N5O4. The van der Waals surface area contributed by atoms with Crippen LogP contribution < -0.4 is 5.32 Å². The minimum atomic E-state index is -0.501. The van der Waals surface area contributed by atoms with E-state index in [1.807, 2.05) is 0 Å². The number of hydrogen-bond donors (Lipinski definition) is 1. The molecule has 0 saturated carbocycles. The number of carbonyl (C=O) groups is 3. The van der Waals surface area contributed by atoms with E-state index in [9.17, 15) is 14.4 Å². The van der Waals surface area contributed by atoms with E-state index in [0.717, 1.165) is 24.2 Å². The number of amides is 4. The van der Waals surface area contributed by atoms with Gasteiger partial charge in [-0.3, -0.25) is 14.5 Å². The Morgan fingerprint density at radius 1 is 1.38 bits per heavy atom. The van der Waals surface area contributed by atoms with Crippen LogP contribution in [0.25, 0.3) is 0 Å². The predicted octanol–water partition coefficient (Wildman–Crippen LogP) is 0.916. The van der Waals surface area contributed by atoms with E-state index in [-0.39, 0.29) is 30.7 Å². The van der Waals surface area contributed by atoms with Crippen LogP contribution in [-0.4, -0.2) is 64.0 Å². The fourth-order valence-electron chi connectivity index (χ4n) is 3.30. The molecule has 0 aromatic carbocycles. The van der Waals surface area contributed by atoms with Crippen molar-refractivity contribution in [1.29, 1.82) is 0 Å². The lowest BCUT2D eigenvalue weighted by molar-refractivity contribution is -0.139. The van der Waals surface area contributed by atoms with Gasteiger partial charge in [0.05, 0.1) is 5.92 Å². The number of likely N-dealkylation sites (tertiary alicyclic amines) is 1. The number of imide groups is 1. The number of urea groups is 1. The van der Waals surface area contributed by atoms with Crippen molar-refractivity contribution in [2.24, 2.45) is 5.92 Å². The number of rotatable bonds is 5. The van der Waals surface area contributed by atoms with Gasteiger partial charge in [0.2, 0.25) is 17.7 Å². The Hall–Kier alpha value is -2.45. The van der Waals surface area contributed by atoms with Gasteiger partial charge in [0.1, 0.15) is 6.54 Å². The Balaban J connectivity index is 1.60. The van der Waals surface area contributed by atoms with Gasteiger partial charge in [-0.05, 0) is 18.8 Å². The van der Waals surface area contributed by atoms with E-state index in [0.29, 0.717) is 37.3 Å². The molecule has 4 amide bonds. The van der Waals surface area contributed by atoms with E-state index >= 15 is 0 Å². The first kappa shape index (κ1) is 18.3.